The van der Waals surface area contributed by atoms with Crippen LogP contribution in [-0.4, -0.2) is 28.1 Å². The summed E-state index contributed by atoms with van der Waals surface area (Å²) in [6.07, 6.45) is 1.36. The van der Waals surface area contributed by atoms with Crippen molar-refractivity contribution in [1.29, 1.82) is 0 Å². The Bertz CT molecular complexity index is 1070. The van der Waals surface area contributed by atoms with Crippen molar-refractivity contribution in [1.82, 2.24) is 15.1 Å². The Morgan fingerprint density at radius 3 is 2.38 bits per heavy atom. The fourth-order valence-corrected chi connectivity index (χ4v) is 3.32. The van der Waals surface area contributed by atoms with Crippen LogP contribution < -0.4 is 10.6 Å². The molecule has 0 aliphatic heterocycles. The van der Waals surface area contributed by atoms with Gasteiger partial charge in [-0.2, -0.15) is 5.10 Å². The number of nitrogens with zero attached hydrogens (tertiary/aromatic N) is 2. The first-order valence-corrected chi connectivity index (χ1v) is 9.23. The molecule has 3 aromatic rings. The Hall–Kier alpha value is -3.48. The average Bonchev–Trinajstić information content (AvgIpc) is 3.04. The number of anilines is 1. The number of carbonyl (C=O) groups excluding carboxylic acids is 2. The maximum absolute atomic E-state index is 14.0. The first-order valence-electron chi connectivity index (χ1n) is 9.23. The second kappa shape index (κ2) is 8.26. The molecule has 0 saturated carbocycles. The zero-order valence-electron chi connectivity index (χ0n) is 16.8. The molecule has 1 heterocycles. The number of nitrogens with one attached hydrogen (secondary N) is 2. The van der Waals surface area contributed by atoms with Gasteiger partial charge < -0.3 is 10.6 Å². The predicted molar refractivity (Wildman–Crippen MR) is 110 cm³/mol. The third kappa shape index (κ3) is 4.34. The fraction of sp³-hybridized carbons (Fsp3) is 0.227. The minimum atomic E-state index is -0.447. The Kier molecular flexibility index (Phi) is 5.77. The van der Waals surface area contributed by atoms with Crippen molar-refractivity contribution >= 4 is 17.5 Å². The summed E-state index contributed by atoms with van der Waals surface area (Å²) in [5.41, 5.74) is 4.81. The van der Waals surface area contributed by atoms with Crippen molar-refractivity contribution in [3.63, 3.8) is 0 Å². The molecule has 0 fully saturated rings. The highest BCUT2D eigenvalue weighted by Crippen LogP contribution is 2.21. The normalized spacial score (nSPS) is 10.7. The molecule has 0 bridgehead atoms. The van der Waals surface area contributed by atoms with E-state index in [4.69, 9.17) is 0 Å². The number of amides is 2. The van der Waals surface area contributed by atoms with Gasteiger partial charge in [-0.3, -0.25) is 9.59 Å². The molecule has 6 nitrogen and oxygen atoms in total. The van der Waals surface area contributed by atoms with Gasteiger partial charge in [0.05, 0.1) is 24.0 Å². The number of rotatable bonds is 5. The van der Waals surface area contributed by atoms with Crippen LogP contribution in [0.5, 0.6) is 0 Å². The van der Waals surface area contributed by atoms with Crippen molar-refractivity contribution in [3.8, 4) is 5.69 Å². The van der Waals surface area contributed by atoms with E-state index in [1.54, 1.807) is 25.1 Å². The molecular formula is C22H23FN4O2. The van der Waals surface area contributed by atoms with Gasteiger partial charge in [-0.15, -0.1) is 0 Å². The summed E-state index contributed by atoms with van der Waals surface area (Å²) in [4.78, 5) is 24.8. The molecule has 0 aliphatic carbocycles. The molecule has 29 heavy (non-hydrogen) atoms. The molecule has 2 amide bonds. The Balaban J connectivity index is 1.67. The lowest BCUT2D eigenvalue weighted by atomic mass is 10.1. The van der Waals surface area contributed by atoms with Gasteiger partial charge in [-0.25, -0.2) is 9.07 Å². The van der Waals surface area contributed by atoms with Crippen LogP contribution in [0.1, 0.15) is 32.7 Å². The quantitative estimate of drug-likeness (QED) is 0.694. The number of hydrogen-bond donors (Lipinski definition) is 2. The highest BCUT2D eigenvalue weighted by atomic mass is 19.1. The SMILES string of the molecule is Cc1cc(C)c(NC(=O)CNC(=O)c2cnn(-c3ccccc3F)c2C)c(C)c1. The Morgan fingerprint density at radius 1 is 1.07 bits per heavy atom. The standard InChI is InChI=1S/C22H23FN4O2/c1-13-9-14(2)21(15(3)10-13)26-20(28)12-24-22(29)17-11-25-27(16(17)4)19-8-6-5-7-18(19)23/h5-11H,12H2,1-4H3,(H,24,29)(H,26,28). The predicted octanol–water partition coefficient (Wildman–Crippen LogP) is 3.61. The third-order valence-electron chi connectivity index (χ3n) is 4.69. The summed E-state index contributed by atoms with van der Waals surface area (Å²) in [7, 11) is 0. The van der Waals surface area contributed by atoms with E-state index in [9.17, 15) is 14.0 Å². The molecule has 0 unspecified atom stereocenters. The van der Waals surface area contributed by atoms with Crippen LogP contribution >= 0.6 is 0 Å². The summed E-state index contributed by atoms with van der Waals surface area (Å²) >= 11 is 0. The lowest BCUT2D eigenvalue weighted by molar-refractivity contribution is -0.115. The van der Waals surface area contributed by atoms with Crippen LogP contribution in [0.4, 0.5) is 10.1 Å². The van der Waals surface area contributed by atoms with Gasteiger partial charge in [0.1, 0.15) is 11.5 Å². The molecule has 0 radical (unpaired) electrons. The zero-order valence-corrected chi connectivity index (χ0v) is 16.8. The highest BCUT2D eigenvalue weighted by molar-refractivity contribution is 6.00. The molecule has 150 valence electrons. The van der Waals surface area contributed by atoms with Crippen LogP contribution in [0.15, 0.2) is 42.6 Å². The number of halogens is 1. The van der Waals surface area contributed by atoms with Gasteiger partial charge in [0.2, 0.25) is 5.91 Å². The summed E-state index contributed by atoms with van der Waals surface area (Å²) in [5.74, 6) is -1.21. The first-order chi connectivity index (χ1) is 13.8. The molecule has 1 aromatic heterocycles. The number of aryl methyl sites for hydroxylation is 3. The number of aromatic nitrogens is 2. The minimum Gasteiger partial charge on any atom is -0.343 e. The van der Waals surface area contributed by atoms with E-state index in [2.05, 4.69) is 15.7 Å². The average molecular weight is 394 g/mol. The fourth-order valence-electron chi connectivity index (χ4n) is 3.32. The van der Waals surface area contributed by atoms with Gasteiger partial charge in [0.25, 0.3) is 5.91 Å². The number of hydrogen-bond acceptors (Lipinski definition) is 3. The van der Waals surface area contributed by atoms with Gasteiger partial charge in [0.15, 0.2) is 0 Å². The molecule has 3 rings (SSSR count). The monoisotopic (exact) mass is 394 g/mol. The van der Waals surface area contributed by atoms with Crippen LogP contribution in [0.3, 0.4) is 0 Å². The summed E-state index contributed by atoms with van der Waals surface area (Å²) in [5, 5.41) is 9.54. The van der Waals surface area contributed by atoms with Crippen molar-refractivity contribution in [2.75, 3.05) is 11.9 Å². The van der Waals surface area contributed by atoms with Crippen LogP contribution in [0.25, 0.3) is 5.69 Å². The maximum Gasteiger partial charge on any atom is 0.255 e. The van der Waals surface area contributed by atoms with E-state index < -0.39 is 11.7 Å². The summed E-state index contributed by atoms with van der Waals surface area (Å²) in [6, 6.07) is 10.2. The van der Waals surface area contributed by atoms with Crippen molar-refractivity contribution < 1.29 is 14.0 Å². The topological polar surface area (TPSA) is 76.0 Å². The molecule has 0 atom stereocenters. The maximum atomic E-state index is 14.0. The van der Waals surface area contributed by atoms with E-state index in [1.807, 2.05) is 32.9 Å². The third-order valence-corrected chi connectivity index (χ3v) is 4.69. The van der Waals surface area contributed by atoms with Crippen LogP contribution in [0.2, 0.25) is 0 Å². The number of para-hydroxylation sites is 1. The largest absolute Gasteiger partial charge is 0.343 e. The van der Waals surface area contributed by atoms with Gasteiger partial charge in [0, 0.05) is 5.69 Å². The second-order valence-electron chi connectivity index (χ2n) is 7.01. The van der Waals surface area contributed by atoms with Crippen molar-refractivity contribution in [3.05, 3.63) is 76.4 Å². The van der Waals surface area contributed by atoms with Crippen molar-refractivity contribution in [2.45, 2.75) is 27.7 Å². The van der Waals surface area contributed by atoms with Gasteiger partial charge in [-0.1, -0.05) is 29.8 Å². The smallest absolute Gasteiger partial charge is 0.255 e. The molecule has 0 saturated heterocycles. The molecule has 0 aliphatic rings. The molecular weight excluding hydrogens is 371 g/mol. The number of carbonyl (C=O) groups is 2. The van der Waals surface area contributed by atoms with Gasteiger partial charge in [-0.05, 0) is 51.0 Å². The minimum absolute atomic E-state index is 0.185. The van der Waals surface area contributed by atoms with E-state index in [0.717, 1.165) is 22.4 Å². The van der Waals surface area contributed by atoms with E-state index >= 15 is 0 Å². The molecule has 2 aromatic carbocycles. The van der Waals surface area contributed by atoms with E-state index in [1.165, 1.54) is 16.9 Å². The van der Waals surface area contributed by atoms with Crippen molar-refractivity contribution in [2.24, 2.45) is 0 Å². The van der Waals surface area contributed by atoms with E-state index in [0.29, 0.717) is 5.69 Å². The lowest BCUT2D eigenvalue weighted by Crippen LogP contribution is -2.33. The van der Waals surface area contributed by atoms with Crippen LogP contribution in [0, 0.1) is 33.5 Å². The summed E-state index contributed by atoms with van der Waals surface area (Å²) < 4.78 is 15.4. The highest BCUT2D eigenvalue weighted by Gasteiger charge is 2.17. The Labute approximate surface area is 168 Å². The molecule has 7 heteroatoms. The first kappa shape index (κ1) is 20.3. The number of benzene rings is 2. The second-order valence-corrected chi connectivity index (χ2v) is 7.01. The zero-order chi connectivity index (χ0) is 21.1. The molecule has 2 N–H and O–H groups in total. The molecule has 0 spiro atoms. The summed E-state index contributed by atoms with van der Waals surface area (Å²) in [6.45, 7) is 7.34. The van der Waals surface area contributed by atoms with Gasteiger partial charge >= 0.3 is 0 Å². The van der Waals surface area contributed by atoms with Crippen LogP contribution in [-0.2, 0) is 4.79 Å². The Morgan fingerprint density at radius 2 is 1.72 bits per heavy atom. The lowest BCUT2D eigenvalue weighted by Gasteiger charge is -2.13. The van der Waals surface area contributed by atoms with E-state index in [-0.39, 0.29) is 23.7 Å².